The Morgan fingerprint density at radius 3 is 2.50 bits per heavy atom. The topological polar surface area (TPSA) is 66.2 Å². The zero-order valence-corrected chi connectivity index (χ0v) is 6.96. The van der Waals surface area contributed by atoms with Crippen LogP contribution in [0, 0.1) is 17.0 Å². The van der Waals surface area contributed by atoms with Crippen molar-refractivity contribution in [2.24, 2.45) is 0 Å². The molecular formula is C7H5ClNO3-. The van der Waals surface area contributed by atoms with Gasteiger partial charge in [-0.3, -0.25) is 10.1 Å². The molecule has 0 aliphatic carbocycles. The van der Waals surface area contributed by atoms with Crippen molar-refractivity contribution < 1.29 is 10.0 Å². The van der Waals surface area contributed by atoms with Gasteiger partial charge < -0.3 is 5.11 Å². The normalized spacial score (nSPS) is 9.83. The fourth-order valence-electron chi connectivity index (χ4n) is 0.818. The van der Waals surface area contributed by atoms with Gasteiger partial charge in [0.15, 0.2) is 0 Å². The molecular weight excluding hydrogens is 182 g/mol. The quantitative estimate of drug-likeness (QED) is 0.495. The van der Waals surface area contributed by atoms with Crippen LogP contribution in [-0.2, 0) is 0 Å². The summed E-state index contributed by atoms with van der Waals surface area (Å²) in [6.45, 7) is 1.49. The van der Waals surface area contributed by atoms with Gasteiger partial charge in [-0.2, -0.15) is 0 Å². The largest absolute Gasteiger partial charge is 0.871 e. The average Bonchev–Trinajstić information content (AvgIpc) is 1.99. The number of halogens is 1. The summed E-state index contributed by atoms with van der Waals surface area (Å²) in [5.41, 5.74) is 0.131. The van der Waals surface area contributed by atoms with Crippen molar-refractivity contribution in [1.82, 2.24) is 0 Å². The van der Waals surface area contributed by atoms with Gasteiger partial charge in [0, 0.05) is 17.2 Å². The minimum atomic E-state index is -0.585. The molecule has 0 heterocycles. The fourth-order valence-corrected chi connectivity index (χ4v) is 1.08. The first kappa shape index (κ1) is 8.80. The van der Waals surface area contributed by atoms with Crippen LogP contribution in [0.5, 0.6) is 5.75 Å². The van der Waals surface area contributed by atoms with Gasteiger partial charge >= 0.3 is 0 Å². The predicted octanol–water partition coefficient (Wildman–Crippen LogP) is 1.63. The Morgan fingerprint density at radius 1 is 1.50 bits per heavy atom. The molecule has 0 spiro atoms. The van der Waals surface area contributed by atoms with E-state index in [2.05, 4.69) is 0 Å². The molecule has 64 valence electrons. The molecule has 0 unspecified atom stereocenters. The molecule has 0 radical (unpaired) electrons. The van der Waals surface area contributed by atoms with E-state index in [0.29, 0.717) is 0 Å². The monoisotopic (exact) mass is 186 g/mol. The Labute approximate surface area is 73.5 Å². The third-order valence-corrected chi connectivity index (χ3v) is 1.71. The highest BCUT2D eigenvalue weighted by Crippen LogP contribution is 2.28. The maximum absolute atomic E-state index is 11.0. The predicted molar refractivity (Wildman–Crippen MR) is 42.3 cm³/mol. The van der Waals surface area contributed by atoms with Crippen molar-refractivity contribution in [3.8, 4) is 5.75 Å². The summed E-state index contributed by atoms with van der Waals surface area (Å²) in [5, 5.41) is 21.1. The first-order valence-electron chi connectivity index (χ1n) is 3.14. The first-order valence-corrected chi connectivity index (χ1v) is 3.51. The zero-order valence-electron chi connectivity index (χ0n) is 6.20. The van der Waals surface area contributed by atoms with Crippen LogP contribution in [0.3, 0.4) is 0 Å². The number of hydrogen-bond acceptors (Lipinski definition) is 3. The zero-order chi connectivity index (χ0) is 9.30. The van der Waals surface area contributed by atoms with Gasteiger partial charge in [-0.05, 0) is 6.92 Å². The lowest BCUT2D eigenvalue weighted by Crippen LogP contribution is -1.96. The standard InChI is InChI=1S/C7H6ClNO3/c1-4-2-5(9(11)12)3-6(8)7(4)10/h2-3,10H,1H3/p-1. The number of nitrogens with zero attached hydrogens (tertiary/aromatic N) is 1. The molecule has 0 bridgehead atoms. The maximum Gasteiger partial charge on any atom is 0.271 e. The van der Waals surface area contributed by atoms with Crippen LogP contribution in [0.2, 0.25) is 5.02 Å². The highest BCUT2D eigenvalue weighted by Gasteiger charge is 2.07. The third-order valence-electron chi connectivity index (χ3n) is 1.42. The van der Waals surface area contributed by atoms with Crippen LogP contribution in [-0.4, -0.2) is 4.92 Å². The molecule has 1 rings (SSSR count). The number of non-ortho nitro benzene ring substituents is 1. The Kier molecular flexibility index (Phi) is 2.19. The lowest BCUT2D eigenvalue weighted by atomic mass is 10.2. The molecule has 12 heavy (non-hydrogen) atoms. The van der Waals surface area contributed by atoms with Crippen LogP contribution in [0.1, 0.15) is 5.56 Å². The molecule has 1 aromatic carbocycles. The number of benzene rings is 1. The molecule has 1 aromatic rings. The van der Waals surface area contributed by atoms with Gasteiger partial charge in [0.25, 0.3) is 5.69 Å². The second-order valence-electron chi connectivity index (χ2n) is 2.33. The second kappa shape index (κ2) is 2.98. The number of rotatable bonds is 1. The molecule has 5 heteroatoms. The summed E-state index contributed by atoms with van der Waals surface area (Å²) in [6.07, 6.45) is 0. The van der Waals surface area contributed by atoms with Crippen molar-refractivity contribution in [2.45, 2.75) is 6.92 Å². The molecule has 0 aromatic heterocycles. The van der Waals surface area contributed by atoms with Crippen molar-refractivity contribution in [2.75, 3.05) is 0 Å². The van der Waals surface area contributed by atoms with Gasteiger partial charge in [-0.25, -0.2) is 0 Å². The summed E-state index contributed by atoms with van der Waals surface area (Å²) < 4.78 is 0. The van der Waals surface area contributed by atoms with Crippen LogP contribution >= 0.6 is 11.6 Å². The van der Waals surface area contributed by atoms with Gasteiger partial charge in [-0.15, -0.1) is 0 Å². The van der Waals surface area contributed by atoms with Gasteiger partial charge in [0.05, 0.1) is 4.92 Å². The van der Waals surface area contributed by atoms with E-state index in [0.717, 1.165) is 6.07 Å². The Balaban J connectivity index is 3.31. The first-order chi connectivity index (χ1) is 5.52. The summed E-state index contributed by atoms with van der Waals surface area (Å²) in [5.74, 6) is -0.359. The molecule has 0 N–H and O–H groups in total. The van der Waals surface area contributed by atoms with Crippen molar-refractivity contribution in [3.05, 3.63) is 32.8 Å². The Bertz CT molecular complexity index is 314. The van der Waals surface area contributed by atoms with Crippen molar-refractivity contribution in [1.29, 1.82) is 0 Å². The molecule has 4 nitrogen and oxygen atoms in total. The van der Waals surface area contributed by atoms with E-state index < -0.39 is 4.92 Å². The van der Waals surface area contributed by atoms with E-state index in [1.54, 1.807) is 0 Å². The third kappa shape index (κ3) is 1.48. The summed E-state index contributed by atoms with van der Waals surface area (Å²) in [4.78, 5) is 9.68. The van der Waals surface area contributed by atoms with E-state index >= 15 is 0 Å². The number of aryl methyl sites for hydroxylation is 1. The molecule has 0 amide bonds. The van der Waals surface area contributed by atoms with Gasteiger partial charge in [-0.1, -0.05) is 22.9 Å². The van der Waals surface area contributed by atoms with Crippen LogP contribution in [0.4, 0.5) is 5.69 Å². The molecule has 0 saturated carbocycles. The van der Waals surface area contributed by atoms with Crippen LogP contribution < -0.4 is 5.11 Å². The molecule has 0 fully saturated rings. The second-order valence-corrected chi connectivity index (χ2v) is 2.74. The lowest BCUT2D eigenvalue weighted by molar-refractivity contribution is -0.385. The molecule has 0 aliphatic rings. The highest BCUT2D eigenvalue weighted by molar-refractivity contribution is 6.32. The SMILES string of the molecule is Cc1cc([N+](=O)[O-])cc(Cl)c1[O-]. The Hall–Kier alpha value is -1.29. The van der Waals surface area contributed by atoms with E-state index in [1.165, 1.54) is 13.0 Å². The maximum atomic E-state index is 11.0. The number of nitro benzene ring substituents is 1. The van der Waals surface area contributed by atoms with Crippen molar-refractivity contribution in [3.63, 3.8) is 0 Å². The van der Waals surface area contributed by atoms with E-state index in [9.17, 15) is 15.2 Å². The van der Waals surface area contributed by atoms with Gasteiger partial charge in [0.2, 0.25) is 0 Å². The Morgan fingerprint density at radius 2 is 2.08 bits per heavy atom. The molecule has 0 saturated heterocycles. The van der Waals surface area contributed by atoms with E-state index in [1.807, 2.05) is 0 Å². The summed E-state index contributed by atoms with van der Waals surface area (Å²) in [6, 6.07) is 2.26. The minimum absolute atomic E-state index is 0.110. The smallest absolute Gasteiger partial charge is 0.271 e. The number of nitro groups is 1. The van der Waals surface area contributed by atoms with Crippen LogP contribution in [0.25, 0.3) is 0 Å². The summed E-state index contributed by atoms with van der Waals surface area (Å²) in [7, 11) is 0. The van der Waals surface area contributed by atoms with Crippen molar-refractivity contribution >= 4 is 17.3 Å². The van der Waals surface area contributed by atoms with Gasteiger partial charge in [0.1, 0.15) is 0 Å². The number of hydrogen-bond donors (Lipinski definition) is 0. The summed E-state index contributed by atoms with van der Waals surface area (Å²) >= 11 is 5.45. The lowest BCUT2D eigenvalue weighted by Gasteiger charge is -2.10. The van der Waals surface area contributed by atoms with E-state index in [-0.39, 0.29) is 22.0 Å². The molecule has 0 aliphatic heterocycles. The minimum Gasteiger partial charge on any atom is -0.871 e. The average molecular weight is 187 g/mol. The molecule has 0 atom stereocenters. The highest BCUT2D eigenvalue weighted by atomic mass is 35.5. The van der Waals surface area contributed by atoms with E-state index in [4.69, 9.17) is 11.6 Å². The fraction of sp³-hybridized carbons (Fsp3) is 0.143. The van der Waals surface area contributed by atoms with Crippen LogP contribution in [0.15, 0.2) is 12.1 Å².